The van der Waals surface area contributed by atoms with Gasteiger partial charge in [-0.15, -0.1) is 0 Å². The van der Waals surface area contributed by atoms with Gasteiger partial charge < -0.3 is 25.4 Å². The Balaban J connectivity index is 1.54. The van der Waals surface area contributed by atoms with E-state index in [1.807, 2.05) is 26.1 Å². The normalized spacial score (nSPS) is 17.9. The first-order chi connectivity index (χ1) is 21.2. The van der Waals surface area contributed by atoms with Crippen molar-refractivity contribution in [2.75, 3.05) is 37.4 Å². The van der Waals surface area contributed by atoms with E-state index in [1.54, 1.807) is 36.1 Å². The van der Waals surface area contributed by atoms with Crippen molar-refractivity contribution in [2.24, 2.45) is 5.92 Å². The quantitative estimate of drug-likeness (QED) is 0.242. The van der Waals surface area contributed by atoms with Crippen molar-refractivity contribution in [3.63, 3.8) is 0 Å². The first-order valence-corrected chi connectivity index (χ1v) is 15.1. The summed E-state index contributed by atoms with van der Waals surface area (Å²) in [5.41, 5.74) is 1.22. The average molecular weight is 668 g/mol. The molecule has 1 aliphatic heterocycles. The van der Waals surface area contributed by atoms with Crippen LogP contribution in [0, 0.1) is 5.92 Å². The number of likely N-dealkylation sites (N-methyl/N-ethyl adjacent to an activating group) is 1. The van der Waals surface area contributed by atoms with Crippen LogP contribution in [-0.4, -0.2) is 65.7 Å². The zero-order chi connectivity index (χ0) is 32.9. The molecule has 0 saturated carbocycles. The lowest BCUT2D eigenvalue weighted by molar-refractivity contribution is -0.137. The van der Waals surface area contributed by atoms with E-state index in [1.165, 1.54) is 0 Å². The highest BCUT2D eigenvalue weighted by Crippen LogP contribution is 2.31. The van der Waals surface area contributed by atoms with Crippen LogP contribution in [0.15, 0.2) is 60.7 Å². The minimum atomic E-state index is -4.48. The lowest BCUT2D eigenvalue weighted by atomic mass is 10.0. The summed E-state index contributed by atoms with van der Waals surface area (Å²) in [7, 11) is 1.95. The molecular weight excluding hydrogens is 632 g/mol. The molecule has 3 atom stereocenters. The molecule has 0 radical (unpaired) electrons. The second kappa shape index (κ2) is 14.7. The number of aliphatic hydroxyl groups excluding tert-OH is 1. The number of halogens is 5. The van der Waals surface area contributed by atoms with Crippen molar-refractivity contribution in [3.05, 3.63) is 87.4 Å². The number of anilines is 2. The van der Waals surface area contributed by atoms with Gasteiger partial charge in [0.25, 0.3) is 0 Å². The molecule has 13 heteroatoms. The van der Waals surface area contributed by atoms with Crippen LogP contribution in [0.4, 0.5) is 29.3 Å². The van der Waals surface area contributed by atoms with Crippen LogP contribution in [0.5, 0.6) is 5.75 Å². The summed E-state index contributed by atoms with van der Waals surface area (Å²) < 4.78 is 45.1. The Labute approximate surface area is 270 Å². The highest BCUT2D eigenvalue weighted by atomic mass is 35.5. The lowest BCUT2D eigenvalue weighted by Gasteiger charge is -2.34. The molecule has 3 aromatic rings. The molecule has 0 fully saturated rings. The van der Waals surface area contributed by atoms with Gasteiger partial charge in [-0.05, 0) is 74.1 Å². The molecule has 0 spiro atoms. The van der Waals surface area contributed by atoms with Crippen LogP contribution in [0.3, 0.4) is 0 Å². The summed E-state index contributed by atoms with van der Waals surface area (Å²) in [4.78, 5) is 29.9. The molecule has 242 valence electrons. The Morgan fingerprint density at radius 1 is 1.07 bits per heavy atom. The molecule has 0 saturated heterocycles. The van der Waals surface area contributed by atoms with Gasteiger partial charge in [0.15, 0.2) is 0 Å². The number of carbonyl (C=O) groups is 2. The topological polar surface area (TPSA) is 94.1 Å². The Morgan fingerprint density at radius 3 is 2.38 bits per heavy atom. The van der Waals surface area contributed by atoms with Crippen LogP contribution in [0.2, 0.25) is 10.0 Å². The SMILES string of the molecule is C[C@H]1CN([C@@H](C)CO)C(=O)Cc2cc(NC(=O)Nc3ccc(C(F)(F)F)cc3)ccc2O[C@H]1CN(C)Cc1ccc(Cl)c(Cl)c1. The van der Waals surface area contributed by atoms with E-state index in [0.717, 1.165) is 29.8 Å². The van der Waals surface area contributed by atoms with E-state index in [-0.39, 0.29) is 36.6 Å². The molecular formula is C32H35Cl2F3N4O4. The lowest BCUT2D eigenvalue weighted by Crippen LogP contribution is -2.47. The third-order valence-corrected chi connectivity index (χ3v) is 8.31. The highest BCUT2D eigenvalue weighted by Gasteiger charge is 2.32. The molecule has 0 aromatic heterocycles. The molecule has 3 aromatic carbocycles. The van der Waals surface area contributed by atoms with Gasteiger partial charge in [0.2, 0.25) is 5.91 Å². The smallest absolute Gasteiger partial charge is 0.416 e. The Kier molecular flexibility index (Phi) is 11.2. The van der Waals surface area contributed by atoms with Gasteiger partial charge in [-0.2, -0.15) is 13.2 Å². The standard InChI is InChI=1S/C32H35Cl2F3N4O4/c1-19-15-41(20(2)18-42)30(43)14-22-13-25(39-31(44)38-24-7-5-23(6-8-24)32(35,36)37)9-11-28(22)45-29(19)17-40(3)16-21-4-10-26(33)27(34)12-21/h4-13,19-20,29,42H,14-18H2,1-3H3,(H2,38,39,44)/t19-,20-,29-/m0/s1. The van der Waals surface area contributed by atoms with E-state index in [2.05, 4.69) is 15.5 Å². The number of ether oxygens (including phenoxy) is 1. The van der Waals surface area contributed by atoms with Crippen LogP contribution in [0.1, 0.15) is 30.5 Å². The van der Waals surface area contributed by atoms with Crippen LogP contribution < -0.4 is 15.4 Å². The molecule has 0 unspecified atom stereocenters. The van der Waals surface area contributed by atoms with Gasteiger partial charge in [-0.25, -0.2) is 4.79 Å². The van der Waals surface area contributed by atoms with E-state index in [4.69, 9.17) is 27.9 Å². The van der Waals surface area contributed by atoms with E-state index in [0.29, 0.717) is 46.7 Å². The van der Waals surface area contributed by atoms with Crippen molar-refractivity contribution < 1.29 is 32.6 Å². The second-order valence-corrected chi connectivity index (χ2v) is 12.1. The van der Waals surface area contributed by atoms with Crippen LogP contribution in [0.25, 0.3) is 0 Å². The van der Waals surface area contributed by atoms with Crippen molar-refractivity contribution in [1.82, 2.24) is 9.80 Å². The van der Waals surface area contributed by atoms with Gasteiger partial charge in [-0.3, -0.25) is 9.69 Å². The summed E-state index contributed by atoms with van der Waals surface area (Å²) in [5.74, 6) is 0.164. The number of amides is 3. The van der Waals surface area contributed by atoms with Gasteiger partial charge in [0.1, 0.15) is 11.9 Å². The van der Waals surface area contributed by atoms with Gasteiger partial charge in [-0.1, -0.05) is 36.2 Å². The molecule has 0 bridgehead atoms. The molecule has 8 nitrogen and oxygen atoms in total. The van der Waals surface area contributed by atoms with Crippen molar-refractivity contribution in [3.8, 4) is 5.75 Å². The number of nitrogens with zero attached hydrogens (tertiary/aromatic N) is 2. The third-order valence-electron chi connectivity index (χ3n) is 7.57. The minimum Gasteiger partial charge on any atom is -0.488 e. The Hall–Kier alpha value is -3.51. The molecule has 3 amide bonds. The summed E-state index contributed by atoms with van der Waals surface area (Å²) in [6.07, 6.45) is -4.87. The number of fused-ring (bicyclic) bond motifs is 1. The molecule has 0 aliphatic carbocycles. The number of urea groups is 1. The number of aliphatic hydroxyl groups is 1. The number of benzene rings is 3. The Morgan fingerprint density at radius 2 is 1.73 bits per heavy atom. The maximum absolute atomic E-state index is 13.5. The summed E-state index contributed by atoms with van der Waals surface area (Å²) in [6, 6.07) is 13.4. The van der Waals surface area contributed by atoms with E-state index >= 15 is 0 Å². The molecule has 1 aliphatic rings. The first kappa shape index (κ1) is 34.4. The molecule has 45 heavy (non-hydrogen) atoms. The zero-order valence-corrected chi connectivity index (χ0v) is 26.5. The third kappa shape index (κ3) is 9.26. The number of rotatable bonds is 8. The number of nitrogens with one attached hydrogen (secondary N) is 2. The summed E-state index contributed by atoms with van der Waals surface area (Å²) >= 11 is 12.3. The number of hydrogen-bond acceptors (Lipinski definition) is 5. The number of carbonyl (C=O) groups excluding carboxylic acids is 2. The average Bonchev–Trinajstić information content (AvgIpc) is 3.01. The largest absolute Gasteiger partial charge is 0.488 e. The fourth-order valence-electron chi connectivity index (χ4n) is 5.08. The Bertz CT molecular complexity index is 1510. The fraction of sp³-hybridized carbons (Fsp3) is 0.375. The molecule has 4 rings (SSSR count). The minimum absolute atomic E-state index is 0.0335. The van der Waals surface area contributed by atoms with E-state index < -0.39 is 23.8 Å². The number of hydrogen-bond donors (Lipinski definition) is 3. The highest BCUT2D eigenvalue weighted by molar-refractivity contribution is 6.42. The zero-order valence-electron chi connectivity index (χ0n) is 25.0. The van der Waals surface area contributed by atoms with Crippen LogP contribution in [-0.2, 0) is 23.9 Å². The van der Waals surface area contributed by atoms with Crippen molar-refractivity contribution in [2.45, 2.75) is 45.1 Å². The fourth-order valence-corrected chi connectivity index (χ4v) is 5.40. The number of alkyl halides is 3. The maximum atomic E-state index is 13.5. The predicted octanol–water partition coefficient (Wildman–Crippen LogP) is 6.94. The van der Waals surface area contributed by atoms with E-state index in [9.17, 15) is 27.9 Å². The van der Waals surface area contributed by atoms with Crippen molar-refractivity contribution >= 4 is 46.5 Å². The van der Waals surface area contributed by atoms with Gasteiger partial charge in [0, 0.05) is 42.5 Å². The van der Waals surface area contributed by atoms with Gasteiger partial charge in [0.05, 0.1) is 34.7 Å². The predicted molar refractivity (Wildman–Crippen MR) is 169 cm³/mol. The summed E-state index contributed by atoms with van der Waals surface area (Å²) in [6.45, 7) is 5.00. The summed E-state index contributed by atoms with van der Waals surface area (Å²) in [5, 5.41) is 16.0. The monoisotopic (exact) mass is 666 g/mol. The molecule has 1 heterocycles. The maximum Gasteiger partial charge on any atom is 0.416 e. The molecule has 3 N–H and O–H groups in total. The first-order valence-electron chi connectivity index (χ1n) is 14.3. The van der Waals surface area contributed by atoms with Crippen molar-refractivity contribution in [1.29, 1.82) is 0 Å². The second-order valence-electron chi connectivity index (χ2n) is 11.3. The van der Waals surface area contributed by atoms with Crippen LogP contribution >= 0.6 is 23.2 Å². The van der Waals surface area contributed by atoms with Gasteiger partial charge >= 0.3 is 12.2 Å².